The summed E-state index contributed by atoms with van der Waals surface area (Å²) < 4.78 is 0. The number of halogens is 1. The summed E-state index contributed by atoms with van der Waals surface area (Å²) in [5, 5.41) is 3.57. The van der Waals surface area contributed by atoms with Gasteiger partial charge in [-0.15, -0.1) is 12.4 Å². The molecule has 1 aliphatic carbocycles. The second kappa shape index (κ2) is 8.08. The SMILES string of the molecule is C1=C/C(=C\NC2CCCCCCC2)N=C1c1ccc[nH]1.Cl. The molecular formula is C17H24ClN3. The number of hydrogen-bond donors (Lipinski definition) is 2. The third-order valence-electron chi connectivity index (χ3n) is 4.11. The minimum absolute atomic E-state index is 0. The van der Waals surface area contributed by atoms with Crippen molar-refractivity contribution < 1.29 is 0 Å². The predicted molar refractivity (Wildman–Crippen MR) is 91.0 cm³/mol. The fourth-order valence-corrected chi connectivity index (χ4v) is 2.92. The first-order chi connectivity index (χ1) is 9.92. The molecule has 3 rings (SSSR count). The van der Waals surface area contributed by atoms with Crippen molar-refractivity contribution in [3.05, 3.63) is 48.1 Å². The lowest BCUT2D eigenvalue weighted by Crippen LogP contribution is -2.25. The van der Waals surface area contributed by atoms with Crippen LogP contribution in [0.25, 0.3) is 0 Å². The van der Waals surface area contributed by atoms with Crippen molar-refractivity contribution in [1.82, 2.24) is 10.3 Å². The lowest BCUT2D eigenvalue weighted by Gasteiger charge is -2.19. The predicted octanol–water partition coefficient (Wildman–Crippen LogP) is 4.34. The van der Waals surface area contributed by atoms with E-state index in [0.29, 0.717) is 6.04 Å². The van der Waals surface area contributed by atoms with Crippen molar-refractivity contribution in [3.8, 4) is 0 Å². The summed E-state index contributed by atoms with van der Waals surface area (Å²) in [4.78, 5) is 7.82. The minimum atomic E-state index is 0. The molecule has 0 bridgehead atoms. The van der Waals surface area contributed by atoms with Crippen LogP contribution in [0, 0.1) is 0 Å². The van der Waals surface area contributed by atoms with Gasteiger partial charge in [0.05, 0.1) is 17.1 Å². The number of rotatable bonds is 3. The fraction of sp³-hybridized carbons (Fsp3) is 0.471. The minimum Gasteiger partial charge on any atom is -0.386 e. The maximum Gasteiger partial charge on any atom is 0.0872 e. The molecule has 0 saturated heterocycles. The lowest BCUT2D eigenvalue weighted by atomic mass is 9.97. The highest BCUT2D eigenvalue weighted by Gasteiger charge is 2.11. The molecule has 1 aliphatic heterocycles. The summed E-state index contributed by atoms with van der Waals surface area (Å²) in [6.07, 6.45) is 17.7. The monoisotopic (exact) mass is 305 g/mol. The molecule has 0 spiro atoms. The molecule has 0 aromatic carbocycles. The summed E-state index contributed by atoms with van der Waals surface area (Å²) >= 11 is 0. The van der Waals surface area contributed by atoms with Crippen molar-refractivity contribution in [1.29, 1.82) is 0 Å². The number of hydrogen-bond acceptors (Lipinski definition) is 2. The second-order valence-corrected chi connectivity index (χ2v) is 5.69. The number of aliphatic imine (C=N–C) groups is 1. The fourth-order valence-electron chi connectivity index (χ4n) is 2.92. The molecule has 4 heteroatoms. The third-order valence-corrected chi connectivity index (χ3v) is 4.11. The molecule has 2 aliphatic rings. The van der Waals surface area contributed by atoms with Gasteiger partial charge >= 0.3 is 0 Å². The molecule has 0 radical (unpaired) electrons. The first-order valence-corrected chi connectivity index (χ1v) is 7.78. The van der Waals surface area contributed by atoms with E-state index in [0.717, 1.165) is 17.1 Å². The Morgan fingerprint density at radius 1 is 1.10 bits per heavy atom. The Balaban J connectivity index is 0.00000161. The van der Waals surface area contributed by atoms with Crippen molar-refractivity contribution in [2.75, 3.05) is 0 Å². The highest BCUT2D eigenvalue weighted by Crippen LogP contribution is 2.18. The first kappa shape index (κ1) is 15.9. The molecule has 2 heterocycles. The smallest absolute Gasteiger partial charge is 0.0872 e. The van der Waals surface area contributed by atoms with Gasteiger partial charge < -0.3 is 10.3 Å². The molecule has 0 unspecified atom stereocenters. The molecule has 1 aromatic rings. The number of aromatic nitrogens is 1. The van der Waals surface area contributed by atoms with E-state index in [9.17, 15) is 0 Å². The van der Waals surface area contributed by atoms with Gasteiger partial charge in [-0.2, -0.15) is 0 Å². The molecular weight excluding hydrogens is 282 g/mol. The Hall–Kier alpha value is -1.48. The zero-order valence-corrected chi connectivity index (χ0v) is 13.2. The van der Waals surface area contributed by atoms with Gasteiger partial charge in [-0.25, -0.2) is 4.99 Å². The Morgan fingerprint density at radius 3 is 2.57 bits per heavy atom. The highest BCUT2D eigenvalue weighted by molar-refractivity contribution is 6.09. The molecule has 0 amide bonds. The average molecular weight is 306 g/mol. The van der Waals surface area contributed by atoms with Crippen LogP contribution in [-0.4, -0.2) is 16.7 Å². The summed E-state index contributed by atoms with van der Waals surface area (Å²) in [7, 11) is 0. The zero-order valence-electron chi connectivity index (χ0n) is 12.3. The second-order valence-electron chi connectivity index (χ2n) is 5.69. The topological polar surface area (TPSA) is 40.2 Å². The Labute approximate surface area is 133 Å². The molecule has 2 N–H and O–H groups in total. The van der Waals surface area contributed by atoms with Gasteiger partial charge in [0, 0.05) is 18.4 Å². The maximum absolute atomic E-state index is 4.63. The summed E-state index contributed by atoms with van der Waals surface area (Å²) in [5.74, 6) is 0. The van der Waals surface area contributed by atoms with Crippen molar-refractivity contribution in [2.45, 2.75) is 51.0 Å². The van der Waals surface area contributed by atoms with Crippen LogP contribution in [0.3, 0.4) is 0 Å². The lowest BCUT2D eigenvalue weighted by molar-refractivity contribution is 0.419. The van der Waals surface area contributed by atoms with Crippen molar-refractivity contribution >= 4 is 18.1 Å². The Morgan fingerprint density at radius 2 is 1.86 bits per heavy atom. The van der Waals surface area contributed by atoms with E-state index in [1.165, 1.54) is 44.9 Å². The highest BCUT2D eigenvalue weighted by atomic mass is 35.5. The van der Waals surface area contributed by atoms with E-state index in [4.69, 9.17) is 0 Å². The van der Waals surface area contributed by atoms with Crippen LogP contribution in [0.5, 0.6) is 0 Å². The largest absolute Gasteiger partial charge is 0.386 e. The number of nitrogens with zero attached hydrogens (tertiary/aromatic N) is 1. The van der Waals surface area contributed by atoms with Gasteiger partial charge in [0.2, 0.25) is 0 Å². The summed E-state index contributed by atoms with van der Waals surface area (Å²) in [6, 6.07) is 4.68. The zero-order chi connectivity index (χ0) is 13.6. The molecule has 3 nitrogen and oxygen atoms in total. The van der Waals surface area contributed by atoms with E-state index in [1.807, 2.05) is 18.3 Å². The van der Waals surface area contributed by atoms with E-state index in [2.05, 4.69) is 33.6 Å². The molecule has 1 fully saturated rings. The normalized spacial score (nSPS) is 21.5. The number of aromatic amines is 1. The number of allylic oxidation sites excluding steroid dienone is 2. The quantitative estimate of drug-likeness (QED) is 0.857. The van der Waals surface area contributed by atoms with Gasteiger partial charge in [-0.3, -0.25) is 0 Å². The van der Waals surface area contributed by atoms with Crippen molar-refractivity contribution in [3.63, 3.8) is 0 Å². The van der Waals surface area contributed by atoms with Gasteiger partial charge in [0.15, 0.2) is 0 Å². The summed E-state index contributed by atoms with van der Waals surface area (Å²) in [5.41, 5.74) is 3.12. The van der Waals surface area contributed by atoms with Gasteiger partial charge in [0.25, 0.3) is 0 Å². The van der Waals surface area contributed by atoms with E-state index >= 15 is 0 Å². The van der Waals surface area contributed by atoms with Crippen LogP contribution in [0.15, 0.2) is 47.4 Å². The first-order valence-electron chi connectivity index (χ1n) is 7.78. The van der Waals surface area contributed by atoms with Crippen LogP contribution >= 0.6 is 12.4 Å². The third kappa shape index (κ3) is 4.50. The van der Waals surface area contributed by atoms with Crippen molar-refractivity contribution in [2.24, 2.45) is 4.99 Å². The number of nitrogens with one attached hydrogen (secondary N) is 2. The van der Waals surface area contributed by atoms with Crippen LogP contribution < -0.4 is 5.32 Å². The Kier molecular flexibility index (Phi) is 6.12. The summed E-state index contributed by atoms with van der Waals surface area (Å²) in [6.45, 7) is 0. The van der Waals surface area contributed by atoms with E-state index in [-0.39, 0.29) is 12.4 Å². The maximum atomic E-state index is 4.63. The van der Waals surface area contributed by atoms with Gasteiger partial charge in [-0.1, -0.05) is 32.1 Å². The Bertz CT molecular complexity index is 506. The number of H-pyrrole nitrogens is 1. The molecule has 1 saturated carbocycles. The average Bonchev–Trinajstić information content (AvgIpc) is 3.08. The molecule has 1 aromatic heterocycles. The van der Waals surface area contributed by atoms with Crippen LogP contribution in [0.4, 0.5) is 0 Å². The van der Waals surface area contributed by atoms with Crippen LogP contribution in [0.2, 0.25) is 0 Å². The van der Waals surface area contributed by atoms with Gasteiger partial charge in [0.1, 0.15) is 0 Å². The molecule has 0 atom stereocenters. The van der Waals surface area contributed by atoms with Crippen LogP contribution in [-0.2, 0) is 0 Å². The standard InChI is InChI=1S/C17H23N3.ClH/c1-2-4-7-14(8-5-3-1)19-13-15-10-11-17(20-15)16-9-6-12-18-16;/h6,9-14,18-19H,1-5,7-8H2;1H/b15-13+;. The molecule has 21 heavy (non-hydrogen) atoms. The van der Waals surface area contributed by atoms with Crippen LogP contribution in [0.1, 0.15) is 50.6 Å². The van der Waals surface area contributed by atoms with E-state index in [1.54, 1.807) is 0 Å². The van der Waals surface area contributed by atoms with Gasteiger partial charge in [-0.05, 0) is 37.1 Å². The van der Waals surface area contributed by atoms with E-state index < -0.39 is 0 Å². The molecule has 114 valence electrons.